The smallest absolute Gasteiger partial charge is 0.134 e. The molecule has 3 N–H and O–H groups in total. The molecular formula is C16H28N4. The largest absolute Gasteiger partial charge is 0.383 e. The molecule has 0 aliphatic heterocycles. The zero-order chi connectivity index (χ0) is 14.5. The zero-order valence-electron chi connectivity index (χ0n) is 13.1. The number of nitrogens with two attached hydrogens (primary N) is 1. The van der Waals surface area contributed by atoms with E-state index in [-0.39, 0.29) is 0 Å². The second-order valence-electron chi connectivity index (χ2n) is 6.00. The van der Waals surface area contributed by atoms with Crippen molar-refractivity contribution in [3.63, 3.8) is 0 Å². The first-order valence-electron chi connectivity index (χ1n) is 8.03. The fraction of sp³-hybridized carbons (Fsp3) is 0.750. The van der Waals surface area contributed by atoms with Crippen LogP contribution in [-0.2, 0) is 6.42 Å². The molecular weight excluding hydrogens is 248 g/mol. The van der Waals surface area contributed by atoms with E-state index in [1.165, 1.54) is 38.5 Å². The maximum atomic E-state index is 5.97. The fourth-order valence-electron chi connectivity index (χ4n) is 3.08. The van der Waals surface area contributed by atoms with E-state index in [1.54, 1.807) is 0 Å². The summed E-state index contributed by atoms with van der Waals surface area (Å²) in [4.78, 5) is 8.91. The molecule has 2 rings (SSSR count). The van der Waals surface area contributed by atoms with Crippen LogP contribution in [-0.4, -0.2) is 16.0 Å². The monoisotopic (exact) mass is 276 g/mol. The lowest BCUT2D eigenvalue weighted by molar-refractivity contribution is 0.318. The van der Waals surface area contributed by atoms with Gasteiger partial charge in [0.2, 0.25) is 0 Å². The Bertz CT molecular complexity index is 436. The summed E-state index contributed by atoms with van der Waals surface area (Å²) in [7, 11) is 0. The van der Waals surface area contributed by atoms with E-state index in [4.69, 9.17) is 5.73 Å². The van der Waals surface area contributed by atoms with Gasteiger partial charge in [-0.3, -0.25) is 0 Å². The van der Waals surface area contributed by atoms with Gasteiger partial charge in [-0.1, -0.05) is 26.7 Å². The van der Waals surface area contributed by atoms with Crippen molar-refractivity contribution in [1.82, 2.24) is 9.97 Å². The molecule has 1 aromatic heterocycles. The normalized spacial score (nSPS) is 22.8. The highest BCUT2D eigenvalue weighted by Gasteiger charge is 2.21. The Morgan fingerprint density at radius 1 is 1.15 bits per heavy atom. The summed E-state index contributed by atoms with van der Waals surface area (Å²) < 4.78 is 0. The summed E-state index contributed by atoms with van der Waals surface area (Å²) in [6.45, 7) is 6.34. The van der Waals surface area contributed by atoms with Crippen LogP contribution in [0.4, 0.5) is 11.6 Å². The molecule has 20 heavy (non-hydrogen) atoms. The summed E-state index contributed by atoms with van der Waals surface area (Å²) in [6, 6.07) is 0.542. The third kappa shape index (κ3) is 3.62. The third-order valence-corrected chi connectivity index (χ3v) is 4.43. The van der Waals surface area contributed by atoms with E-state index in [2.05, 4.69) is 29.1 Å². The van der Waals surface area contributed by atoms with Gasteiger partial charge in [0.1, 0.15) is 17.5 Å². The van der Waals surface area contributed by atoms with Gasteiger partial charge in [0.15, 0.2) is 0 Å². The van der Waals surface area contributed by atoms with Crippen molar-refractivity contribution >= 4 is 11.6 Å². The maximum Gasteiger partial charge on any atom is 0.134 e. The van der Waals surface area contributed by atoms with Crippen LogP contribution in [0.5, 0.6) is 0 Å². The van der Waals surface area contributed by atoms with Crippen LogP contribution in [0.1, 0.15) is 63.8 Å². The molecule has 0 saturated heterocycles. The molecule has 0 amide bonds. The first kappa shape index (κ1) is 15.1. The highest BCUT2D eigenvalue weighted by atomic mass is 15.1. The molecule has 1 aliphatic rings. The minimum atomic E-state index is 0.542. The van der Waals surface area contributed by atoms with Gasteiger partial charge in [0.25, 0.3) is 0 Å². The van der Waals surface area contributed by atoms with Crippen molar-refractivity contribution in [2.45, 2.75) is 71.8 Å². The van der Waals surface area contributed by atoms with E-state index >= 15 is 0 Å². The molecule has 4 nitrogen and oxygen atoms in total. The van der Waals surface area contributed by atoms with E-state index in [9.17, 15) is 0 Å². The number of aryl methyl sites for hydroxylation is 1. The van der Waals surface area contributed by atoms with Gasteiger partial charge in [0.05, 0.1) is 0 Å². The van der Waals surface area contributed by atoms with Crippen LogP contribution < -0.4 is 11.1 Å². The molecule has 4 heteroatoms. The van der Waals surface area contributed by atoms with Crippen LogP contribution in [0.15, 0.2) is 0 Å². The summed E-state index contributed by atoms with van der Waals surface area (Å²) in [5.74, 6) is 3.31. The van der Waals surface area contributed by atoms with Gasteiger partial charge in [0, 0.05) is 18.0 Å². The van der Waals surface area contributed by atoms with E-state index < -0.39 is 0 Å². The van der Waals surface area contributed by atoms with Crippen molar-refractivity contribution in [3.8, 4) is 0 Å². The molecule has 112 valence electrons. The standard InChI is InChI=1S/C16H28N4/c1-4-6-12-7-9-13(10-8-12)18-16-11(3)15(17)19-14(5-2)20-16/h12-13H,4-10H2,1-3H3,(H3,17,18,19,20). The van der Waals surface area contributed by atoms with E-state index in [0.29, 0.717) is 11.9 Å². The molecule has 1 aliphatic carbocycles. The molecule has 1 aromatic rings. The molecule has 0 bridgehead atoms. The summed E-state index contributed by atoms with van der Waals surface area (Å²) >= 11 is 0. The average Bonchev–Trinajstić information content (AvgIpc) is 2.46. The van der Waals surface area contributed by atoms with E-state index in [0.717, 1.165) is 29.5 Å². The van der Waals surface area contributed by atoms with Crippen molar-refractivity contribution in [3.05, 3.63) is 11.4 Å². The number of hydrogen-bond acceptors (Lipinski definition) is 4. The Kier molecular flexibility index (Phi) is 5.21. The number of nitrogens with zero attached hydrogens (tertiary/aromatic N) is 2. The highest BCUT2D eigenvalue weighted by Crippen LogP contribution is 2.30. The summed E-state index contributed by atoms with van der Waals surface area (Å²) in [6.07, 6.45) is 8.68. The van der Waals surface area contributed by atoms with Gasteiger partial charge in [-0.2, -0.15) is 0 Å². The van der Waals surface area contributed by atoms with E-state index in [1.807, 2.05) is 6.92 Å². The van der Waals surface area contributed by atoms with Gasteiger partial charge in [-0.15, -0.1) is 0 Å². The Hall–Kier alpha value is -1.32. The van der Waals surface area contributed by atoms with Crippen molar-refractivity contribution < 1.29 is 0 Å². The second-order valence-corrected chi connectivity index (χ2v) is 6.00. The number of anilines is 2. The van der Waals surface area contributed by atoms with Crippen LogP contribution >= 0.6 is 0 Å². The topological polar surface area (TPSA) is 63.8 Å². The minimum absolute atomic E-state index is 0.542. The lowest BCUT2D eigenvalue weighted by Gasteiger charge is -2.29. The first-order valence-corrected chi connectivity index (χ1v) is 8.03. The number of nitrogens with one attached hydrogen (secondary N) is 1. The number of rotatable bonds is 5. The zero-order valence-corrected chi connectivity index (χ0v) is 13.1. The van der Waals surface area contributed by atoms with Crippen LogP contribution in [0.25, 0.3) is 0 Å². The predicted molar refractivity (Wildman–Crippen MR) is 84.8 cm³/mol. The molecule has 1 heterocycles. The van der Waals surface area contributed by atoms with Gasteiger partial charge < -0.3 is 11.1 Å². The van der Waals surface area contributed by atoms with Gasteiger partial charge >= 0.3 is 0 Å². The van der Waals surface area contributed by atoms with Crippen molar-refractivity contribution in [2.75, 3.05) is 11.1 Å². The molecule has 1 fully saturated rings. The Labute approximate surface area is 122 Å². The Balaban J connectivity index is 1.99. The molecule has 0 aromatic carbocycles. The molecule has 1 saturated carbocycles. The van der Waals surface area contributed by atoms with Gasteiger partial charge in [-0.05, 0) is 38.5 Å². The predicted octanol–water partition coefficient (Wildman–Crippen LogP) is 3.70. The van der Waals surface area contributed by atoms with Crippen molar-refractivity contribution in [1.29, 1.82) is 0 Å². The molecule has 0 unspecified atom stereocenters. The van der Waals surface area contributed by atoms with Crippen molar-refractivity contribution in [2.24, 2.45) is 5.92 Å². The second kappa shape index (κ2) is 6.91. The first-order chi connectivity index (χ1) is 9.63. The third-order valence-electron chi connectivity index (χ3n) is 4.43. The quantitative estimate of drug-likeness (QED) is 0.860. The highest BCUT2D eigenvalue weighted by molar-refractivity contribution is 5.55. The number of aromatic nitrogens is 2. The maximum absolute atomic E-state index is 5.97. The summed E-state index contributed by atoms with van der Waals surface area (Å²) in [5.41, 5.74) is 6.96. The Morgan fingerprint density at radius 3 is 2.45 bits per heavy atom. The summed E-state index contributed by atoms with van der Waals surface area (Å²) in [5, 5.41) is 3.60. The molecule has 0 spiro atoms. The number of nitrogen functional groups attached to an aromatic ring is 1. The van der Waals surface area contributed by atoms with Crippen LogP contribution in [0.2, 0.25) is 0 Å². The molecule has 0 atom stereocenters. The average molecular weight is 276 g/mol. The number of hydrogen-bond donors (Lipinski definition) is 2. The SMILES string of the molecule is CCCC1CCC(Nc2nc(CC)nc(N)c2C)CC1. The fourth-order valence-corrected chi connectivity index (χ4v) is 3.08. The minimum Gasteiger partial charge on any atom is -0.383 e. The lowest BCUT2D eigenvalue weighted by atomic mass is 9.83. The lowest BCUT2D eigenvalue weighted by Crippen LogP contribution is -2.27. The van der Waals surface area contributed by atoms with Crippen LogP contribution in [0.3, 0.4) is 0 Å². The van der Waals surface area contributed by atoms with Gasteiger partial charge in [-0.25, -0.2) is 9.97 Å². The molecule has 0 radical (unpaired) electrons. The Morgan fingerprint density at radius 2 is 1.85 bits per heavy atom. The van der Waals surface area contributed by atoms with Crippen LogP contribution in [0, 0.1) is 12.8 Å².